The van der Waals surface area contributed by atoms with Crippen LogP contribution in [0.4, 0.5) is 10.2 Å². The summed E-state index contributed by atoms with van der Waals surface area (Å²) in [6.07, 6.45) is 1.26. The fourth-order valence-electron chi connectivity index (χ4n) is 1.66. The molecule has 0 fully saturated rings. The molecule has 1 aromatic heterocycles. The van der Waals surface area contributed by atoms with Crippen molar-refractivity contribution in [1.29, 1.82) is 0 Å². The first-order valence-corrected chi connectivity index (χ1v) is 5.63. The van der Waals surface area contributed by atoms with Crippen LogP contribution in [0.15, 0.2) is 36.5 Å². The molecule has 2 N–H and O–H groups in total. The minimum atomic E-state index is -0.912. The average Bonchev–Trinajstić information content (AvgIpc) is 2.37. The fourth-order valence-corrected chi connectivity index (χ4v) is 1.86. The molecule has 1 aromatic carbocycles. The summed E-state index contributed by atoms with van der Waals surface area (Å²) in [5.74, 6) is -1.52. The number of nitrogen functional groups attached to an aromatic ring is 1. The van der Waals surface area contributed by atoms with Gasteiger partial charge in [0.25, 0.3) is 5.24 Å². The summed E-state index contributed by atoms with van der Waals surface area (Å²) in [6.45, 7) is 0. The van der Waals surface area contributed by atoms with Crippen molar-refractivity contribution in [1.82, 2.24) is 4.98 Å². The van der Waals surface area contributed by atoms with E-state index in [1.54, 1.807) is 0 Å². The standard InChI is InChI=1S/C13H8ClFN2O2/c14-12(19)10-8(5-6-17-13(10)16)11(18)7-3-1-2-4-9(7)15/h1-6H,(H2,16,17). The highest BCUT2D eigenvalue weighted by Crippen LogP contribution is 2.21. The van der Waals surface area contributed by atoms with Gasteiger partial charge in [-0.25, -0.2) is 9.37 Å². The van der Waals surface area contributed by atoms with Crippen molar-refractivity contribution < 1.29 is 14.0 Å². The van der Waals surface area contributed by atoms with Crippen molar-refractivity contribution in [2.45, 2.75) is 0 Å². The number of hydrogen-bond donors (Lipinski definition) is 1. The number of benzene rings is 1. The number of aromatic nitrogens is 1. The molecule has 0 atom stereocenters. The molecule has 0 unspecified atom stereocenters. The van der Waals surface area contributed by atoms with Crippen LogP contribution in [0.5, 0.6) is 0 Å². The Morgan fingerprint density at radius 3 is 2.47 bits per heavy atom. The van der Waals surface area contributed by atoms with E-state index in [0.29, 0.717) is 0 Å². The molecular weight excluding hydrogens is 271 g/mol. The Hall–Kier alpha value is -2.27. The molecule has 0 radical (unpaired) electrons. The Morgan fingerprint density at radius 2 is 1.84 bits per heavy atom. The number of halogens is 2. The summed E-state index contributed by atoms with van der Waals surface area (Å²) >= 11 is 5.38. The van der Waals surface area contributed by atoms with E-state index in [1.807, 2.05) is 0 Å². The number of hydrogen-bond acceptors (Lipinski definition) is 4. The second kappa shape index (κ2) is 5.16. The molecule has 19 heavy (non-hydrogen) atoms. The fraction of sp³-hybridized carbons (Fsp3) is 0. The van der Waals surface area contributed by atoms with E-state index in [2.05, 4.69) is 4.98 Å². The Balaban J connectivity index is 2.60. The van der Waals surface area contributed by atoms with Crippen LogP contribution in [0.2, 0.25) is 0 Å². The SMILES string of the molecule is Nc1nccc(C(=O)c2ccccc2F)c1C(=O)Cl. The first kappa shape index (κ1) is 13.2. The third-order valence-corrected chi connectivity index (χ3v) is 2.73. The summed E-state index contributed by atoms with van der Waals surface area (Å²) in [7, 11) is 0. The monoisotopic (exact) mass is 278 g/mol. The van der Waals surface area contributed by atoms with Crippen molar-refractivity contribution in [2.75, 3.05) is 5.73 Å². The highest BCUT2D eigenvalue weighted by molar-refractivity contribution is 6.68. The highest BCUT2D eigenvalue weighted by Gasteiger charge is 2.22. The molecule has 96 valence electrons. The van der Waals surface area contributed by atoms with Gasteiger partial charge < -0.3 is 5.73 Å². The topological polar surface area (TPSA) is 73.0 Å². The molecule has 0 bridgehead atoms. The van der Waals surface area contributed by atoms with Crippen molar-refractivity contribution in [2.24, 2.45) is 0 Å². The molecule has 0 spiro atoms. The molecular formula is C13H8ClFN2O2. The number of carbonyl (C=O) groups excluding carboxylic acids is 2. The van der Waals surface area contributed by atoms with Gasteiger partial charge in [-0.3, -0.25) is 9.59 Å². The van der Waals surface area contributed by atoms with Gasteiger partial charge in [-0.2, -0.15) is 0 Å². The van der Waals surface area contributed by atoms with Gasteiger partial charge in [0.2, 0.25) is 0 Å². The third-order valence-electron chi connectivity index (χ3n) is 2.54. The van der Waals surface area contributed by atoms with E-state index in [9.17, 15) is 14.0 Å². The van der Waals surface area contributed by atoms with E-state index >= 15 is 0 Å². The number of nitrogens with two attached hydrogens (primary N) is 1. The van der Waals surface area contributed by atoms with E-state index in [0.717, 1.165) is 6.07 Å². The van der Waals surface area contributed by atoms with Crippen molar-refractivity contribution >= 4 is 28.4 Å². The zero-order valence-corrected chi connectivity index (χ0v) is 10.3. The van der Waals surface area contributed by atoms with Gasteiger partial charge >= 0.3 is 0 Å². The molecule has 6 heteroatoms. The van der Waals surface area contributed by atoms with Gasteiger partial charge in [-0.05, 0) is 29.8 Å². The molecule has 0 saturated carbocycles. The Morgan fingerprint density at radius 1 is 1.16 bits per heavy atom. The van der Waals surface area contributed by atoms with Crippen LogP contribution in [-0.2, 0) is 0 Å². The lowest BCUT2D eigenvalue weighted by molar-refractivity contribution is 0.102. The number of nitrogens with zero attached hydrogens (tertiary/aromatic N) is 1. The van der Waals surface area contributed by atoms with Gasteiger partial charge in [0.15, 0.2) is 5.78 Å². The summed E-state index contributed by atoms with van der Waals surface area (Å²) in [5.41, 5.74) is 5.07. The maximum Gasteiger partial charge on any atom is 0.256 e. The summed E-state index contributed by atoms with van der Waals surface area (Å²) < 4.78 is 13.6. The lowest BCUT2D eigenvalue weighted by Gasteiger charge is -2.07. The second-order valence-electron chi connectivity index (χ2n) is 3.70. The summed E-state index contributed by atoms with van der Waals surface area (Å²) in [5, 5.41) is -0.912. The van der Waals surface area contributed by atoms with Crippen molar-refractivity contribution in [3.05, 3.63) is 59.0 Å². The van der Waals surface area contributed by atoms with Gasteiger partial charge in [0.05, 0.1) is 11.1 Å². The first-order valence-electron chi connectivity index (χ1n) is 5.26. The molecule has 0 saturated heterocycles. The summed E-state index contributed by atoms with van der Waals surface area (Å²) in [6, 6.07) is 6.72. The molecule has 4 nitrogen and oxygen atoms in total. The summed E-state index contributed by atoms with van der Waals surface area (Å²) in [4.78, 5) is 27.2. The van der Waals surface area contributed by atoms with Crippen LogP contribution in [0, 0.1) is 5.82 Å². The molecule has 0 amide bonds. The third kappa shape index (κ3) is 2.46. The van der Waals surface area contributed by atoms with Crippen LogP contribution in [0.1, 0.15) is 26.3 Å². The Labute approximate surface area is 113 Å². The minimum Gasteiger partial charge on any atom is -0.383 e. The molecule has 2 rings (SSSR count). The molecule has 0 aliphatic heterocycles. The largest absolute Gasteiger partial charge is 0.383 e. The number of rotatable bonds is 3. The average molecular weight is 279 g/mol. The predicted molar refractivity (Wildman–Crippen MR) is 68.7 cm³/mol. The molecule has 1 heterocycles. The minimum absolute atomic E-state index is 0.0717. The van der Waals surface area contributed by atoms with Crippen LogP contribution in [0.3, 0.4) is 0 Å². The zero-order chi connectivity index (χ0) is 14.0. The van der Waals surface area contributed by atoms with Gasteiger partial charge in [0.1, 0.15) is 11.6 Å². The Bertz CT molecular complexity index is 673. The van der Waals surface area contributed by atoms with E-state index in [-0.39, 0.29) is 22.5 Å². The maximum absolute atomic E-state index is 13.6. The second-order valence-corrected chi connectivity index (χ2v) is 4.04. The number of pyridine rings is 1. The van der Waals surface area contributed by atoms with Crippen LogP contribution in [0.25, 0.3) is 0 Å². The quantitative estimate of drug-likeness (QED) is 0.691. The van der Waals surface area contributed by atoms with Crippen LogP contribution >= 0.6 is 11.6 Å². The molecule has 0 aliphatic rings. The van der Waals surface area contributed by atoms with Gasteiger partial charge in [-0.1, -0.05) is 12.1 Å². The maximum atomic E-state index is 13.6. The highest BCUT2D eigenvalue weighted by atomic mass is 35.5. The zero-order valence-electron chi connectivity index (χ0n) is 9.56. The number of ketones is 1. The molecule has 0 aliphatic carbocycles. The van der Waals surface area contributed by atoms with E-state index in [4.69, 9.17) is 17.3 Å². The van der Waals surface area contributed by atoms with Crippen LogP contribution < -0.4 is 5.73 Å². The van der Waals surface area contributed by atoms with E-state index in [1.165, 1.54) is 30.5 Å². The normalized spacial score (nSPS) is 10.2. The van der Waals surface area contributed by atoms with E-state index < -0.39 is 16.8 Å². The predicted octanol–water partition coefficient (Wildman–Crippen LogP) is 2.41. The lowest BCUT2D eigenvalue weighted by atomic mass is 9.99. The van der Waals surface area contributed by atoms with Crippen molar-refractivity contribution in [3.63, 3.8) is 0 Å². The first-order chi connectivity index (χ1) is 9.02. The number of anilines is 1. The Kier molecular flexibility index (Phi) is 3.57. The van der Waals surface area contributed by atoms with Crippen LogP contribution in [-0.4, -0.2) is 16.0 Å². The smallest absolute Gasteiger partial charge is 0.256 e. The lowest BCUT2D eigenvalue weighted by Crippen LogP contribution is -2.12. The van der Waals surface area contributed by atoms with Gasteiger partial charge in [-0.15, -0.1) is 0 Å². The van der Waals surface area contributed by atoms with Gasteiger partial charge in [0, 0.05) is 11.8 Å². The number of carbonyl (C=O) groups is 2. The molecule has 2 aromatic rings. The van der Waals surface area contributed by atoms with Crippen molar-refractivity contribution in [3.8, 4) is 0 Å².